The number of rotatable bonds is 5. The van der Waals surface area contributed by atoms with Crippen LogP contribution in [0.3, 0.4) is 0 Å². The predicted octanol–water partition coefficient (Wildman–Crippen LogP) is 2.70. The molecule has 0 spiro atoms. The van der Waals surface area contributed by atoms with Crippen molar-refractivity contribution in [2.24, 2.45) is 16.8 Å². The standard InChI is InChI=1S/C17H26N2O3S/c20-16-14(6-8-22-15-3-1-2-7-21-15)23-17(19-16)18-13-10-11-4-5-12(13)9-11/h11-15H,1-10H2,(H,18,19,20). The molecule has 4 rings (SSSR count). The van der Waals surface area contributed by atoms with E-state index in [0.29, 0.717) is 12.6 Å². The Morgan fingerprint density at radius 1 is 1.26 bits per heavy atom. The minimum atomic E-state index is -0.0836. The van der Waals surface area contributed by atoms with Gasteiger partial charge >= 0.3 is 0 Å². The molecule has 23 heavy (non-hydrogen) atoms. The summed E-state index contributed by atoms with van der Waals surface area (Å²) in [5.74, 6) is 1.69. The summed E-state index contributed by atoms with van der Waals surface area (Å²) in [6, 6.07) is 0.540. The molecule has 2 heterocycles. The molecule has 2 saturated carbocycles. The lowest BCUT2D eigenvalue weighted by Crippen LogP contribution is -2.36. The van der Waals surface area contributed by atoms with Crippen LogP contribution in [0, 0.1) is 11.8 Å². The number of amidine groups is 1. The minimum Gasteiger partial charge on any atom is -0.361 e. The molecular weight excluding hydrogens is 312 g/mol. The largest absolute Gasteiger partial charge is 0.361 e. The van der Waals surface area contributed by atoms with E-state index in [-0.39, 0.29) is 17.4 Å². The maximum atomic E-state index is 12.1. The highest BCUT2D eigenvalue weighted by Crippen LogP contribution is 2.44. The van der Waals surface area contributed by atoms with Crippen LogP contribution < -0.4 is 5.32 Å². The van der Waals surface area contributed by atoms with Gasteiger partial charge in [-0.1, -0.05) is 18.2 Å². The van der Waals surface area contributed by atoms with E-state index in [1.54, 1.807) is 11.8 Å². The first-order valence-corrected chi connectivity index (χ1v) is 9.95. The third-order valence-electron chi connectivity index (χ3n) is 5.61. The quantitative estimate of drug-likeness (QED) is 0.835. The van der Waals surface area contributed by atoms with Crippen LogP contribution in [0.25, 0.3) is 0 Å². The second kappa shape index (κ2) is 7.11. The first-order chi connectivity index (χ1) is 11.3. The highest BCUT2D eigenvalue weighted by molar-refractivity contribution is 8.15. The fraction of sp³-hybridized carbons (Fsp3) is 0.882. The van der Waals surface area contributed by atoms with Gasteiger partial charge in [0.2, 0.25) is 0 Å². The summed E-state index contributed by atoms with van der Waals surface area (Å²) in [6.07, 6.45) is 9.27. The predicted molar refractivity (Wildman–Crippen MR) is 90.4 cm³/mol. The van der Waals surface area contributed by atoms with Crippen molar-refractivity contribution in [3.8, 4) is 0 Å². The van der Waals surface area contributed by atoms with E-state index in [4.69, 9.17) is 9.47 Å². The smallest absolute Gasteiger partial charge is 0.261 e. The van der Waals surface area contributed by atoms with Gasteiger partial charge in [0.25, 0.3) is 5.91 Å². The van der Waals surface area contributed by atoms with Crippen molar-refractivity contribution in [1.29, 1.82) is 0 Å². The topological polar surface area (TPSA) is 59.9 Å². The van der Waals surface area contributed by atoms with E-state index < -0.39 is 0 Å². The number of carbonyl (C=O) groups excluding carboxylic acids is 1. The van der Waals surface area contributed by atoms with Gasteiger partial charge < -0.3 is 14.8 Å². The molecule has 5 atom stereocenters. The molecule has 0 aromatic carbocycles. The average Bonchev–Trinajstić information content (AvgIpc) is 3.25. The molecule has 1 N–H and O–H groups in total. The summed E-state index contributed by atoms with van der Waals surface area (Å²) in [6.45, 7) is 1.37. The van der Waals surface area contributed by atoms with Gasteiger partial charge in [-0.15, -0.1) is 0 Å². The normalized spacial score (nSPS) is 39.7. The summed E-state index contributed by atoms with van der Waals surface area (Å²) in [7, 11) is 0. The van der Waals surface area contributed by atoms with Crippen molar-refractivity contribution in [2.75, 3.05) is 13.2 Å². The van der Waals surface area contributed by atoms with E-state index in [0.717, 1.165) is 42.9 Å². The van der Waals surface area contributed by atoms with E-state index in [9.17, 15) is 4.79 Å². The first-order valence-electron chi connectivity index (χ1n) is 9.07. The van der Waals surface area contributed by atoms with Crippen molar-refractivity contribution in [3.05, 3.63) is 0 Å². The zero-order valence-electron chi connectivity index (χ0n) is 13.5. The second-order valence-electron chi connectivity index (χ2n) is 7.24. The van der Waals surface area contributed by atoms with Crippen molar-refractivity contribution >= 4 is 22.8 Å². The van der Waals surface area contributed by atoms with Crippen LogP contribution in [0.15, 0.2) is 4.99 Å². The van der Waals surface area contributed by atoms with Crippen molar-refractivity contribution < 1.29 is 14.3 Å². The number of hydrogen-bond donors (Lipinski definition) is 1. The zero-order valence-corrected chi connectivity index (χ0v) is 14.4. The molecule has 2 aliphatic carbocycles. The van der Waals surface area contributed by atoms with E-state index in [1.165, 1.54) is 32.1 Å². The highest BCUT2D eigenvalue weighted by Gasteiger charge is 2.41. The van der Waals surface area contributed by atoms with Gasteiger partial charge in [-0.3, -0.25) is 4.79 Å². The number of fused-ring (bicyclic) bond motifs is 2. The molecule has 1 saturated heterocycles. The van der Waals surface area contributed by atoms with E-state index in [2.05, 4.69) is 10.3 Å². The van der Waals surface area contributed by atoms with Crippen LogP contribution in [-0.2, 0) is 14.3 Å². The molecule has 2 aliphatic heterocycles. The molecule has 5 unspecified atom stereocenters. The lowest BCUT2D eigenvalue weighted by Gasteiger charge is -2.24. The lowest BCUT2D eigenvalue weighted by molar-refractivity contribution is -0.163. The lowest BCUT2D eigenvalue weighted by atomic mass is 9.96. The van der Waals surface area contributed by atoms with Gasteiger partial charge in [-0.05, 0) is 56.8 Å². The van der Waals surface area contributed by atoms with Crippen LogP contribution >= 0.6 is 11.8 Å². The molecule has 3 fully saturated rings. The van der Waals surface area contributed by atoms with Crippen molar-refractivity contribution in [2.45, 2.75) is 68.9 Å². The Bertz CT molecular complexity index is 478. The zero-order chi connectivity index (χ0) is 15.6. The number of ether oxygens (including phenoxy) is 2. The van der Waals surface area contributed by atoms with Gasteiger partial charge in [0.15, 0.2) is 11.5 Å². The third kappa shape index (κ3) is 3.74. The Hall–Kier alpha value is -0.590. The van der Waals surface area contributed by atoms with Crippen LogP contribution in [0.2, 0.25) is 0 Å². The molecule has 128 valence electrons. The Morgan fingerprint density at radius 2 is 2.22 bits per heavy atom. The molecule has 1 amide bonds. The summed E-state index contributed by atoms with van der Waals surface area (Å²) >= 11 is 1.59. The van der Waals surface area contributed by atoms with Crippen LogP contribution in [0.5, 0.6) is 0 Å². The first kappa shape index (κ1) is 15.9. The monoisotopic (exact) mass is 338 g/mol. The molecular formula is C17H26N2O3S. The highest BCUT2D eigenvalue weighted by atomic mass is 32.2. The number of carbonyl (C=O) groups is 1. The van der Waals surface area contributed by atoms with Gasteiger partial charge in [-0.2, -0.15) is 4.99 Å². The molecule has 0 aromatic rings. The summed E-state index contributed by atoms with van der Waals surface area (Å²) in [5, 5.41) is 4.29. The van der Waals surface area contributed by atoms with Gasteiger partial charge in [0.05, 0.1) is 11.9 Å². The molecule has 0 radical (unpaired) electrons. The number of nitrogens with one attached hydrogen (secondary N) is 1. The minimum absolute atomic E-state index is 0.00572. The molecule has 2 bridgehead atoms. The fourth-order valence-corrected chi connectivity index (χ4v) is 5.36. The Kier molecular flexibility index (Phi) is 4.92. The SMILES string of the molecule is O=C1N=C(NC2CC3CCC2C3)SC1CCOC1CCCCO1. The number of thioether (sulfide) groups is 1. The molecule has 5 nitrogen and oxygen atoms in total. The number of hydrogen-bond acceptors (Lipinski definition) is 5. The molecule has 0 aromatic heterocycles. The average molecular weight is 338 g/mol. The van der Waals surface area contributed by atoms with E-state index >= 15 is 0 Å². The summed E-state index contributed by atoms with van der Waals surface area (Å²) in [5.41, 5.74) is 0. The maximum Gasteiger partial charge on any atom is 0.261 e. The number of nitrogens with zero attached hydrogens (tertiary/aromatic N) is 1. The summed E-state index contributed by atoms with van der Waals surface area (Å²) in [4.78, 5) is 16.3. The van der Waals surface area contributed by atoms with Crippen molar-refractivity contribution in [3.63, 3.8) is 0 Å². The van der Waals surface area contributed by atoms with Gasteiger partial charge in [-0.25, -0.2) is 0 Å². The van der Waals surface area contributed by atoms with Crippen LogP contribution in [-0.4, -0.2) is 41.9 Å². The van der Waals surface area contributed by atoms with Crippen LogP contribution in [0.1, 0.15) is 51.4 Å². The number of aliphatic imine (C=N–C) groups is 1. The third-order valence-corrected chi connectivity index (χ3v) is 6.76. The second-order valence-corrected chi connectivity index (χ2v) is 8.43. The maximum absolute atomic E-state index is 12.1. The van der Waals surface area contributed by atoms with Gasteiger partial charge in [0.1, 0.15) is 0 Å². The molecule has 6 heteroatoms. The molecule has 4 aliphatic rings. The van der Waals surface area contributed by atoms with E-state index in [1.807, 2.05) is 0 Å². The summed E-state index contributed by atoms with van der Waals surface area (Å²) < 4.78 is 11.3. The Morgan fingerprint density at radius 3 is 2.96 bits per heavy atom. The fourth-order valence-electron chi connectivity index (χ4n) is 4.36. The van der Waals surface area contributed by atoms with Crippen LogP contribution in [0.4, 0.5) is 0 Å². The van der Waals surface area contributed by atoms with Crippen molar-refractivity contribution in [1.82, 2.24) is 5.32 Å². The Balaban J connectivity index is 1.19. The van der Waals surface area contributed by atoms with Gasteiger partial charge in [0, 0.05) is 12.6 Å². The Labute approximate surface area is 142 Å². The number of amides is 1.